The summed E-state index contributed by atoms with van der Waals surface area (Å²) in [6, 6.07) is 13.3. The van der Waals surface area contributed by atoms with Crippen molar-refractivity contribution in [2.45, 2.75) is 26.2 Å². The van der Waals surface area contributed by atoms with Crippen molar-refractivity contribution in [3.8, 4) is 0 Å². The summed E-state index contributed by atoms with van der Waals surface area (Å²) in [6.07, 6.45) is 8.41. The number of imidazole rings is 1. The molecular weight excluding hydrogens is 421 g/mol. The molecule has 1 N–H and O–H groups in total. The van der Waals surface area contributed by atoms with E-state index >= 15 is 0 Å². The van der Waals surface area contributed by atoms with Gasteiger partial charge < -0.3 is 14.6 Å². The van der Waals surface area contributed by atoms with Crippen LogP contribution in [0.2, 0.25) is 10.0 Å². The number of carbonyl (C=O) groups excluding carboxylic acids is 1. The van der Waals surface area contributed by atoms with Crippen LogP contribution in [0, 0.1) is 0 Å². The molecule has 5 nitrogen and oxygen atoms in total. The number of carbonyl (C=O) groups is 1. The van der Waals surface area contributed by atoms with Gasteiger partial charge in [-0.2, -0.15) is 0 Å². The maximum absolute atomic E-state index is 11.5. The molecule has 1 aromatic heterocycles. The first-order chi connectivity index (χ1) is 14.5. The normalized spacial score (nSPS) is 12.2. The topological polar surface area (TPSA) is 56.1 Å². The van der Waals surface area contributed by atoms with Gasteiger partial charge in [-0.1, -0.05) is 53.5 Å². The fraction of sp³-hybridized carbons (Fsp3) is 0.217. The van der Waals surface area contributed by atoms with Crippen LogP contribution in [-0.2, 0) is 22.7 Å². The molecule has 2 aromatic carbocycles. The van der Waals surface area contributed by atoms with Crippen molar-refractivity contribution in [1.29, 1.82) is 0 Å². The molecular formula is C23H23Cl2N3O2. The molecule has 0 aliphatic rings. The Hall–Kier alpha value is -2.60. The zero-order valence-corrected chi connectivity index (χ0v) is 18.1. The second-order valence-corrected chi connectivity index (χ2v) is 7.54. The second kappa shape index (κ2) is 11.0. The summed E-state index contributed by atoms with van der Waals surface area (Å²) in [5.74, 6) is -0.105. The summed E-state index contributed by atoms with van der Waals surface area (Å²) in [4.78, 5) is 15.6. The van der Waals surface area contributed by atoms with Crippen molar-refractivity contribution in [2.75, 3.05) is 6.54 Å². The Bertz CT molecular complexity index is 986. The smallest absolute Gasteiger partial charge is 0.243 e. The molecule has 1 unspecified atom stereocenters. The number of nitrogens with zero attached hydrogens (tertiary/aromatic N) is 2. The number of benzene rings is 2. The maximum atomic E-state index is 11.5. The standard InChI is InChI=1S/C23H23Cl2N3O2/c1-2-27-23(29)10-7-17-3-5-18(6-4-17)15-30-22(14-28-12-11-26-16-28)20-9-8-19(24)13-21(20)25/h3-13,16,22H,2,14-15H2,1H3,(H,27,29)/b10-7+. The van der Waals surface area contributed by atoms with Crippen molar-refractivity contribution in [3.63, 3.8) is 0 Å². The molecule has 7 heteroatoms. The number of nitrogens with one attached hydrogen (secondary N) is 1. The zero-order valence-electron chi connectivity index (χ0n) is 16.6. The van der Waals surface area contributed by atoms with Gasteiger partial charge in [0.25, 0.3) is 0 Å². The van der Waals surface area contributed by atoms with Crippen LogP contribution in [0.1, 0.15) is 29.7 Å². The van der Waals surface area contributed by atoms with Crippen LogP contribution in [0.3, 0.4) is 0 Å². The molecule has 0 fully saturated rings. The fourth-order valence-corrected chi connectivity index (χ4v) is 3.45. The molecule has 0 aliphatic carbocycles. The van der Waals surface area contributed by atoms with Gasteiger partial charge in [0.2, 0.25) is 5.91 Å². The van der Waals surface area contributed by atoms with Gasteiger partial charge in [0.05, 0.1) is 19.5 Å². The van der Waals surface area contributed by atoms with Gasteiger partial charge in [0.15, 0.2) is 0 Å². The quantitative estimate of drug-likeness (QED) is 0.456. The molecule has 0 saturated carbocycles. The van der Waals surface area contributed by atoms with Crippen LogP contribution >= 0.6 is 23.2 Å². The fourth-order valence-electron chi connectivity index (χ4n) is 2.92. The molecule has 0 spiro atoms. The van der Waals surface area contributed by atoms with Crippen molar-refractivity contribution in [2.24, 2.45) is 0 Å². The molecule has 156 valence electrons. The second-order valence-electron chi connectivity index (χ2n) is 6.69. The minimum Gasteiger partial charge on any atom is -0.367 e. The molecule has 3 aromatic rings. The number of rotatable bonds is 9. The molecule has 3 rings (SSSR count). The molecule has 1 heterocycles. The largest absolute Gasteiger partial charge is 0.367 e. The van der Waals surface area contributed by atoms with E-state index in [1.165, 1.54) is 6.08 Å². The summed E-state index contributed by atoms with van der Waals surface area (Å²) >= 11 is 12.5. The van der Waals surface area contributed by atoms with E-state index < -0.39 is 0 Å². The first-order valence-electron chi connectivity index (χ1n) is 9.62. The van der Waals surface area contributed by atoms with Crippen molar-refractivity contribution >= 4 is 35.2 Å². The molecule has 0 saturated heterocycles. The van der Waals surface area contributed by atoms with Crippen LogP contribution in [0.5, 0.6) is 0 Å². The van der Waals surface area contributed by atoms with Crippen LogP contribution in [0.25, 0.3) is 6.08 Å². The van der Waals surface area contributed by atoms with Gasteiger partial charge in [0.1, 0.15) is 6.10 Å². The molecule has 0 bridgehead atoms. The monoisotopic (exact) mass is 443 g/mol. The van der Waals surface area contributed by atoms with E-state index in [9.17, 15) is 4.79 Å². The third-order valence-corrected chi connectivity index (χ3v) is 5.02. The van der Waals surface area contributed by atoms with E-state index in [1.54, 1.807) is 24.7 Å². The minimum absolute atomic E-state index is 0.105. The van der Waals surface area contributed by atoms with E-state index in [0.29, 0.717) is 29.7 Å². The van der Waals surface area contributed by atoms with Crippen LogP contribution < -0.4 is 5.32 Å². The number of likely N-dealkylation sites (N-methyl/N-ethyl adjacent to an activating group) is 1. The minimum atomic E-state index is -0.263. The first-order valence-corrected chi connectivity index (χ1v) is 10.4. The highest BCUT2D eigenvalue weighted by molar-refractivity contribution is 6.35. The van der Waals surface area contributed by atoms with E-state index in [-0.39, 0.29) is 12.0 Å². The molecule has 0 radical (unpaired) electrons. The lowest BCUT2D eigenvalue weighted by molar-refractivity contribution is -0.116. The van der Waals surface area contributed by atoms with E-state index in [1.807, 2.05) is 54.1 Å². The van der Waals surface area contributed by atoms with Gasteiger partial charge in [-0.15, -0.1) is 0 Å². The SMILES string of the molecule is CCNC(=O)/C=C/c1ccc(COC(Cn2ccnc2)c2ccc(Cl)cc2Cl)cc1. The Morgan fingerprint density at radius 2 is 2.03 bits per heavy atom. The van der Waals surface area contributed by atoms with Gasteiger partial charge in [-0.3, -0.25) is 4.79 Å². The Labute approximate surface area is 186 Å². The van der Waals surface area contributed by atoms with Gasteiger partial charge >= 0.3 is 0 Å². The third kappa shape index (κ3) is 6.46. The van der Waals surface area contributed by atoms with E-state index in [2.05, 4.69) is 10.3 Å². The first kappa shape index (κ1) is 22.1. The van der Waals surface area contributed by atoms with Gasteiger partial charge in [-0.05, 0) is 36.3 Å². The van der Waals surface area contributed by atoms with Crippen molar-refractivity contribution in [3.05, 3.63) is 94.0 Å². The molecule has 30 heavy (non-hydrogen) atoms. The van der Waals surface area contributed by atoms with Crippen LogP contribution in [-0.4, -0.2) is 22.0 Å². The van der Waals surface area contributed by atoms with Gasteiger partial charge in [-0.25, -0.2) is 4.98 Å². The Morgan fingerprint density at radius 3 is 2.70 bits per heavy atom. The lowest BCUT2D eigenvalue weighted by Crippen LogP contribution is -2.19. The number of amides is 1. The average molecular weight is 444 g/mol. The van der Waals surface area contributed by atoms with Crippen LogP contribution in [0.15, 0.2) is 67.3 Å². The Kier molecular flexibility index (Phi) is 8.08. The van der Waals surface area contributed by atoms with Crippen LogP contribution in [0.4, 0.5) is 0 Å². The third-order valence-electron chi connectivity index (χ3n) is 4.45. The van der Waals surface area contributed by atoms with Gasteiger partial charge in [0, 0.05) is 40.6 Å². The summed E-state index contributed by atoms with van der Waals surface area (Å²) in [5, 5.41) is 3.88. The summed E-state index contributed by atoms with van der Waals surface area (Å²) in [5.41, 5.74) is 2.84. The zero-order chi connectivity index (χ0) is 21.3. The predicted molar refractivity (Wildman–Crippen MR) is 120 cm³/mol. The van der Waals surface area contributed by atoms with E-state index in [4.69, 9.17) is 27.9 Å². The summed E-state index contributed by atoms with van der Waals surface area (Å²) in [6.45, 7) is 3.49. The maximum Gasteiger partial charge on any atom is 0.243 e. The molecule has 0 aliphatic heterocycles. The highest BCUT2D eigenvalue weighted by atomic mass is 35.5. The number of aromatic nitrogens is 2. The predicted octanol–water partition coefficient (Wildman–Crippen LogP) is 5.30. The number of hydrogen-bond acceptors (Lipinski definition) is 3. The molecule has 1 amide bonds. The van der Waals surface area contributed by atoms with Crippen molar-refractivity contribution < 1.29 is 9.53 Å². The highest BCUT2D eigenvalue weighted by Crippen LogP contribution is 2.30. The summed E-state index contributed by atoms with van der Waals surface area (Å²) in [7, 11) is 0. The number of ether oxygens (including phenoxy) is 1. The number of halogens is 2. The number of hydrogen-bond donors (Lipinski definition) is 1. The Morgan fingerprint density at radius 1 is 1.23 bits per heavy atom. The van der Waals surface area contributed by atoms with E-state index in [0.717, 1.165) is 16.7 Å². The highest BCUT2D eigenvalue weighted by Gasteiger charge is 2.17. The average Bonchev–Trinajstić information content (AvgIpc) is 3.24. The lowest BCUT2D eigenvalue weighted by atomic mass is 10.1. The lowest BCUT2D eigenvalue weighted by Gasteiger charge is -2.20. The molecule has 1 atom stereocenters. The van der Waals surface area contributed by atoms with Crippen molar-refractivity contribution in [1.82, 2.24) is 14.9 Å². The Balaban J connectivity index is 1.68. The summed E-state index contributed by atoms with van der Waals surface area (Å²) < 4.78 is 8.17.